The lowest BCUT2D eigenvalue weighted by Crippen LogP contribution is -2.04. The fourth-order valence-corrected chi connectivity index (χ4v) is 2.32. The maximum Gasteiger partial charge on any atom is 0.339 e. The molecule has 0 amide bonds. The van der Waals surface area contributed by atoms with Crippen LogP contribution in [0.4, 0.5) is 5.69 Å². The van der Waals surface area contributed by atoms with Crippen molar-refractivity contribution in [3.63, 3.8) is 0 Å². The van der Waals surface area contributed by atoms with Crippen LogP contribution in [0.15, 0.2) is 42.9 Å². The Bertz CT molecular complexity index is 798. The maximum atomic E-state index is 11.5. The summed E-state index contributed by atoms with van der Waals surface area (Å²) in [5.74, 6) is 0.196. The number of nitrogens with one attached hydrogen (secondary N) is 1. The highest BCUT2D eigenvalue weighted by molar-refractivity contribution is 6.33. The molecule has 112 valence electrons. The normalized spacial score (nSPS) is 10.6. The fourth-order valence-electron chi connectivity index (χ4n) is 2.06. The van der Waals surface area contributed by atoms with E-state index in [1.54, 1.807) is 24.4 Å². The lowest BCUT2D eigenvalue weighted by atomic mass is 10.2. The molecule has 0 unspecified atom stereocenters. The van der Waals surface area contributed by atoms with E-state index in [9.17, 15) is 4.79 Å². The average Bonchev–Trinajstić information content (AvgIpc) is 2.95. The van der Waals surface area contributed by atoms with Crippen molar-refractivity contribution in [2.45, 2.75) is 6.54 Å². The highest BCUT2D eigenvalue weighted by Gasteiger charge is 2.11. The zero-order valence-corrected chi connectivity index (χ0v) is 12.5. The number of ether oxygens (including phenoxy) is 1. The summed E-state index contributed by atoms with van der Waals surface area (Å²) >= 11 is 6.08. The third kappa shape index (κ3) is 2.87. The number of anilines is 1. The molecular formula is C15H13ClN4O2. The first-order valence-electron chi connectivity index (χ1n) is 6.57. The van der Waals surface area contributed by atoms with E-state index in [4.69, 9.17) is 11.6 Å². The second-order valence-electron chi connectivity index (χ2n) is 4.60. The van der Waals surface area contributed by atoms with E-state index in [0.29, 0.717) is 22.9 Å². The first-order valence-corrected chi connectivity index (χ1v) is 6.95. The molecule has 3 rings (SSSR count). The van der Waals surface area contributed by atoms with Gasteiger partial charge in [-0.15, -0.1) is 0 Å². The monoisotopic (exact) mass is 316 g/mol. The van der Waals surface area contributed by atoms with E-state index in [1.165, 1.54) is 7.11 Å². The summed E-state index contributed by atoms with van der Waals surface area (Å²) < 4.78 is 6.51. The molecule has 0 aliphatic carbocycles. The summed E-state index contributed by atoms with van der Waals surface area (Å²) in [6.07, 6.45) is 5.49. The molecule has 0 radical (unpaired) electrons. The summed E-state index contributed by atoms with van der Waals surface area (Å²) in [5.41, 5.74) is 1.99. The first kappa shape index (κ1) is 14.3. The topological polar surface area (TPSA) is 68.5 Å². The van der Waals surface area contributed by atoms with Gasteiger partial charge in [0.15, 0.2) is 0 Å². The Balaban J connectivity index is 1.73. The molecular weight excluding hydrogens is 304 g/mol. The number of fused-ring (bicyclic) bond motifs is 1. The summed E-state index contributed by atoms with van der Waals surface area (Å²) in [6, 6.07) is 6.92. The van der Waals surface area contributed by atoms with Crippen LogP contribution in [0, 0.1) is 0 Å². The molecule has 22 heavy (non-hydrogen) atoms. The molecule has 3 aromatic rings. The Morgan fingerprint density at radius 3 is 3.05 bits per heavy atom. The molecule has 0 atom stereocenters. The molecule has 0 aliphatic heterocycles. The molecule has 1 N–H and O–H groups in total. The Morgan fingerprint density at radius 1 is 1.45 bits per heavy atom. The second-order valence-corrected chi connectivity index (χ2v) is 5.01. The van der Waals surface area contributed by atoms with Crippen molar-refractivity contribution in [1.82, 2.24) is 14.4 Å². The van der Waals surface area contributed by atoms with Crippen molar-refractivity contribution in [2.24, 2.45) is 0 Å². The van der Waals surface area contributed by atoms with Crippen LogP contribution in [-0.2, 0) is 11.3 Å². The van der Waals surface area contributed by atoms with Gasteiger partial charge in [-0.3, -0.25) is 4.40 Å². The summed E-state index contributed by atoms with van der Waals surface area (Å²) in [4.78, 5) is 20.0. The Kier molecular flexibility index (Phi) is 3.93. The van der Waals surface area contributed by atoms with Crippen molar-refractivity contribution >= 4 is 29.0 Å². The van der Waals surface area contributed by atoms with Gasteiger partial charge in [-0.2, -0.15) is 0 Å². The van der Waals surface area contributed by atoms with Gasteiger partial charge < -0.3 is 10.1 Å². The molecule has 0 aliphatic rings. The molecule has 1 aromatic carbocycles. The van der Waals surface area contributed by atoms with E-state index in [0.717, 1.165) is 11.4 Å². The van der Waals surface area contributed by atoms with Gasteiger partial charge in [-0.1, -0.05) is 11.6 Å². The Labute approximate surface area is 131 Å². The van der Waals surface area contributed by atoms with Crippen LogP contribution < -0.4 is 5.32 Å². The number of nitrogens with zero attached hydrogens (tertiary/aromatic N) is 3. The van der Waals surface area contributed by atoms with Crippen molar-refractivity contribution < 1.29 is 9.53 Å². The molecule has 0 spiro atoms. The van der Waals surface area contributed by atoms with Crippen LogP contribution >= 0.6 is 11.6 Å². The number of rotatable bonds is 4. The number of imidazole rings is 1. The van der Waals surface area contributed by atoms with E-state index >= 15 is 0 Å². The van der Waals surface area contributed by atoms with E-state index in [-0.39, 0.29) is 0 Å². The van der Waals surface area contributed by atoms with Gasteiger partial charge >= 0.3 is 5.97 Å². The minimum atomic E-state index is -0.456. The number of benzene rings is 1. The predicted octanol–water partition coefficient (Wildman–Crippen LogP) is 2.78. The van der Waals surface area contributed by atoms with E-state index in [2.05, 4.69) is 20.0 Å². The van der Waals surface area contributed by atoms with E-state index in [1.807, 2.05) is 22.9 Å². The van der Waals surface area contributed by atoms with Crippen LogP contribution in [0.5, 0.6) is 0 Å². The minimum Gasteiger partial charge on any atom is -0.465 e. The lowest BCUT2D eigenvalue weighted by Gasteiger charge is -2.07. The number of esters is 1. The fraction of sp³-hybridized carbons (Fsp3) is 0.133. The standard InChI is InChI=1S/C15H13ClN4O2/c1-22-14(21)12-4-3-10(7-13(12)16)18-8-11-9-20-6-2-5-17-15(20)19-11/h2-7,9,18H,8H2,1H3. The second kappa shape index (κ2) is 6.03. The smallest absolute Gasteiger partial charge is 0.339 e. The quantitative estimate of drug-likeness (QED) is 0.750. The van der Waals surface area contributed by atoms with Crippen molar-refractivity contribution in [1.29, 1.82) is 0 Å². The van der Waals surface area contributed by atoms with Gasteiger partial charge in [0.1, 0.15) is 0 Å². The first-order chi connectivity index (χ1) is 10.7. The zero-order valence-electron chi connectivity index (χ0n) is 11.8. The van der Waals surface area contributed by atoms with Gasteiger partial charge in [-0.25, -0.2) is 14.8 Å². The molecule has 7 heteroatoms. The number of aromatic nitrogens is 3. The Hall–Kier alpha value is -2.60. The van der Waals surface area contributed by atoms with Crippen molar-refractivity contribution in [2.75, 3.05) is 12.4 Å². The highest BCUT2D eigenvalue weighted by atomic mass is 35.5. The van der Waals surface area contributed by atoms with Crippen molar-refractivity contribution in [3.05, 3.63) is 59.1 Å². The number of methoxy groups -OCH3 is 1. The van der Waals surface area contributed by atoms with E-state index < -0.39 is 5.97 Å². The van der Waals surface area contributed by atoms with Gasteiger partial charge in [0.2, 0.25) is 5.78 Å². The zero-order chi connectivity index (χ0) is 15.5. The number of hydrogen-bond donors (Lipinski definition) is 1. The maximum absolute atomic E-state index is 11.5. The Morgan fingerprint density at radius 2 is 2.32 bits per heavy atom. The number of carbonyl (C=O) groups excluding carboxylic acids is 1. The third-order valence-electron chi connectivity index (χ3n) is 3.13. The van der Waals surface area contributed by atoms with Gasteiger partial charge in [0.05, 0.1) is 29.9 Å². The molecule has 0 bridgehead atoms. The van der Waals surface area contributed by atoms with Crippen LogP contribution in [-0.4, -0.2) is 27.4 Å². The molecule has 2 aromatic heterocycles. The van der Waals surface area contributed by atoms with Crippen LogP contribution in [0.3, 0.4) is 0 Å². The largest absolute Gasteiger partial charge is 0.465 e. The molecule has 2 heterocycles. The average molecular weight is 317 g/mol. The number of carbonyl (C=O) groups is 1. The highest BCUT2D eigenvalue weighted by Crippen LogP contribution is 2.22. The molecule has 6 nitrogen and oxygen atoms in total. The van der Waals surface area contributed by atoms with Crippen LogP contribution in [0.1, 0.15) is 16.1 Å². The van der Waals surface area contributed by atoms with Crippen LogP contribution in [0.2, 0.25) is 5.02 Å². The number of hydrogen-bond acceptors (Lipinski definition) is 5. The molecule has 0 fully saturated rings. The summed E-state index contributed by atoms with van der Waals surface area (Å²) in [7, 11) is 1.32. The van der Waals surface area contributed by atoms with Gasteiger partial charge in [0, 0.05) is 24.3 Å². The predicted molar refractivity (Wildman–Crippen MR) is 83.1 cm³/mol. The molecule has 0 saturated heterocycles. The third-order valence-corrected chi connectivity index (χ3v) is 3.45. The van der Waals surface area contributed by atoms with Gasteiger partial charge in [0.25, 0.3) is 0 Å². The molecule has 0 saturated carbocycles. The number of halogens is 1. The SMILES string of the molecule is COC(=O)c1ccc(NCc2cn3cccnc3n2)cc1Cl. The summed E-state index contributed by atoms with van der Waals surface area (Å²) in [5, 5.41) is 3.55. The lowest BCUT2D eigenvalue weighted by molar-refractivity contribution is 0.0601. The minimum absolute atomic E-state index is 0.339. The van der Waals surface area contributed by atoms with Crippen molar-refractivity contribution in [3.8, 4) is 0 Å². The summed E-state index contributed by atoms with van der Waals surface area (Å²) in [6.45, 7) is 0.525. The van der Waals surface area contributed by atoms with Crippen LogP contribution in [0.25, 0.3) is 5.78 Å². The van der Waals surface area contributed by atoms with Gasteiger partial charge in [-0.05, 0) is 24.3 Å².